The summed E-state index contributed by atoms with van der Waals surface area (Å²) in [6.45, 7) is 4.69. The molecule has 1 amide bonds. The fourth-order valence-corrected chi connectivity index (χ4v) is 5.17. The molecule has 1 atom stereocenters. The molecule has 0 radical (unpaired) electrons. The van der Waals surface area contributed by atoms with Gasteiger partial charge in [0, 0.05) is 31.7 Å². The third-order valence-electron chi connectivity index (χ3n) is 7.02. The van der Waals surface area contributed by atoms with Gasteiger partial charge in [-0.2, -0.15) is 0 Å². The molecule has 2 aromatic rings. The predicted octanol–water partition coefficient (Wildman–Crippen LogP) is 4.10. The zero-order valence-electron chi connectivity index (χ0n) is 21.2. The maximum atomic E-state index is 13.3. The summed E-state index contributed by atoms with van der Waals surface area (Å²) in [5.41, 5.74) is 3.02. The van der Waals surface area contributed by atoms with Crippen molar-refractivity contribution in [1.82, 2.24) is 9.80 Å². The van der Waals surface area contributed by atoms with E-state index in [1.54, 1.807) is 28.4 Å². The second kappa shape index (κ2) is 12.4. The van der Waals surface area contributed by atoms with Gasteiger partial charge in [-0.1, -0.05) is 6.07 Å². The smallest absolute Gasteiger partial charge is 0.254 e. The van der Waals surface area contributed by atoms with E-state index < -0.39 is 0 Å². The minimum Gasteiger partial charge on any atom is -0.493 e. The summed E-state index contributed by atoms with van der Waals surface area (Å²) in [6.07, 6.45) is 4.14. The summed E-state index contributed by atoms with van der Waals surface area (Å²) in [6, 6.07) is 9.92. The lowest BCUT2D eigenvalue weighted by atomic mass is 9.93. The van der Waals surface area contributed by atoms with Crippen molar-refractivity contribution in [1.29, 1.82) is 0 Å². The number of hydrogen-bond donors (Lipinski definition) is 0. The van der Waals surface area contributed by atoms with Crippen molar-refractivity contribution < 1.29 is 23.7 Å². The summed E-state index contributed by atoms with van der Waals surface area (Å²) in [7, 11) is 6.56. The first-order valence-electron chi connectivity index (χ1n) is 12.0. The van der Waals surface area contributed by atoms with Crippen LogP contribution in [-0.2, 0) is 12.8 Å². The van der Waals surface area contributed by atoms with Crippen molar-refractivity contribution >= 4 is 18.3 Å². The van der Waals surface area contributed by atoms with Crippen LogP contribution in [0.2, 0.25) is 0 Å². The quantitative estimate of drug-likeness (QED) is 0.512. The highest BCUT2D eigenvalue weighted by molar-refractivity contribution is 5.97. The highest BCUT2D eigenvalue weighted by atomic mass is 35.5. The number of rotatable bonds is 9. The van der Waals surface area contributed by atoms with E-state index in [4.69, 9.17) is 18.9 Å². The molecule has 1 unspecified atom stereocenters. The van der Waals surface area contributed by atoms with Gasteiger partial charge in [-0.25, -0.2) is 0 Å². The van der Waals surface area contributed by atoms with Crippen LogP contribution in [0.5, 0.6) is 23.0 Å². The molecule has 1 fully saturated rings. The SMILES string of the molecule is COc1ccc(CCN2CCCC(CN3CCc4cc(OC)c(OC)cc4C3=O)C2)cc1OC.Cl. The number of fused-ring (bicyclic) bond motifs is 1. The van der Waals surface area contributed by atoms with Crippen LogP contribution in [-0.4, -0.2) is 76.9 Å². The predicted molar refractivity (Wildman–Crippen MR) is 139 cm³/mol. The Balaban J connectivity index is 0.00000342. The minimum atomic E-state index is 0. The Labute approximate surface area is 214 Å². The molecule has 8 heteroatoms. The number of ether oxygens (including phenoxy) is 4. The number of benzene rings is 2. The summed E-state index contributed by atoms with van der Waals surface area (Å²) < 4.78 is 21.6. The van der Waals surface area contributed by atoms with Gasteiger partial charge in [0.2, 0.25) is 0 Å². The highest BCUT2D eigenvalue weighted by Gasteiger charge is 2.30. The zero-order chi connectivity index (χ0) is 24.1. The molecule has 1 saturated heterocycles. The largest absolute Gasteiger partial charge is 0.493 e. The van der Waals surface area contributed by atoms with E-state index in [9.17, 15) is 4.79 Å². The number of amides is 1. The second-order valence-corrected chi connectivity index (χ2v) is 9.11. The molecule has 0 spiro atoms. The first kappa shape index (κ1) is 27.0. The van der Waals surface area contributed by atoms with E-state index in [1.165, 1.54) is 12.0 Å². The van der Waals surface area contributed by atoms with Crippen molar-refractivity contribution in [2.75, 3.05) is 61.2 Å². The molecule has 0 bridgehead atoms. The Morgan fingerprint density at radius 1 is 0.886 bits per heavy atom. The number of nitrogens with zero attached hydrogens (tertiary/aromatic N) is 2. The fourth-order valence-electron chi connectivity index (χ4n) is 5.17. The molecule has 192 valence electrons. The first-order valence-corrected chi connectivity index (χ1v) is 12.0. The van der Waals surface area contributed by atoms with Crippen LogP contribution in [0.4, 0.5) is 0 Å². The van der Waals surface area contributed by atoms with Crippen LogP contribution in [0.25, 0.3) is 0 Å². The normalized spacial score (nSPS) is 17.9. The Kier molecular flexibility index (Phi) is 9.52. The van der Waals surface area contributed by atoms with Gasteiger partial charge in [0.25, 0.3) is 5.91 Å². The average molecular weight is 505 g/mol. The van der Waals surface area contributed by atoms with E-state index in [1.807, 2.05) is 23.1 Å². The molecular weight excluding hydrogens is 468 g/mol. The van der Waals surface area contributed by atoms with Gasteiger partial charge in [-0.05, 0) is 73.5 Å². The van der Waals surface area contributed by atoms with Gasteiger partial charge in [0.05, 0.1) is 28.4 Å². The van der Waals surface area contributed by atoms with Gasteiger partial charge in [0.15, 0.2) is 23.0 Å². The van der Waals surface area contributed by atoms with Crippen molar-refractivity contribution in [3.8, 4) is 23.0 Å². The highest BCUT2D eigenvalue weighted by Crippen LogP contribution is 2.34. The molecule has 0 aromatic heterocycles. The summed E-state index contributed by atoms with van der Waals surface area (Å²) >= 11 is 0. The summed E-state index contributed by atoms with van der Waals surface area (Å²) in [5, 5.41) is 0. The topological polar surface area (TPSA) is 60.5 Å². The zero-order valence-corrected chi connectivity index (χ0v) is 22.0. The van der Waals surface area contributed by atoms with Gasteiger partial charge < -0.3 is 28.7 Å². The third kappa shape index (κ3) is 6.14. The Morgan fingerprint density at radius 3 is 2.29 bits per heavy atom. The first-order chi connectivity index (χ1) is 16.6. The Morgan fingerprint density at radius 2 is 1.57 bits per heavy atom. The lowest BCUT2D eigenvalue weighted by molar-refractivity contribution is 0.0661. The maximum Gasteiger partial charge on any atom is 0.254 e. The van der Waals surface area contributed by atoms with Crippen LogP contribution in [0.3, 0.4) is 0 Å². The van der Waals surface area contributed by atoms with Gasteiger partial charge in [-0.15, -0.1) is 12.4 Å². The maximum absolute atomic E-state index is 13.3. The van der Waals surface area contributed by atoms with Crippen LogP contribution >= 0.6 is 12.4 Å². The van der Waals surface area contributed by atoms with Crippen molar-refractivity contribution in [2.24, 2.45) is 5.92 Å². The lowest BCUT2D eigenvalue weighted by Gasteiger charge is -2.37. The van der Waals surface area contributed by atoms with Gasteiger partial charge in [-0.3, -0.25) is 4.79 Å². The average Bonchev–Trinajstić information content (AvgIpc) is 2.88. The molecule has 2 heterocycles. The number of hydrogen-bond acceptors (Lipinski definition) is 6. The second-order valence-electron chi connectivity index (χ2n) is 9.11. The molecule has 0 aliphatic carbocycles. The van der Waals surface area contributed by atoms with E-state index in [0.29, 0.717) is 17.4 Å². The Hall–Kier alpha value is -2.64. The molecule has 2 aliphatic rings. The van der Waals surface area contributed by atoms with Crippen LogP contribution in [0.1, 0.15) is 34.3 Å². The number of likely N-dealkylation sites (tertiary alicyclic amines) is 1. The number of carbonyl (C=O) groups excluding carboxylic acids is 1. The van der Waals surface area contributed by atoms with E-state index >= 15 is 0 Å². The van der Waals surface area contributed by atoms with Crippen molar-refractivity contribution in [2.45, 2.75) is 25.7 Å². The van der Waals surface area contributed by atoms with E-state index in [0.717, 1.165) is 74.6 Å². The van der Waals surface area contributed by atoms with Gasteiger partial charge in [0.1, 0.15) is 0 Å². The van der Waals surface area contributed by atoms with Crippen LogP contribution in [0, 0.1) is 5.92 Å². The van der Waals surface area contributed by atoms with Crippen LogP contribution in [0.15, 0.2) is 30.3 Å². The molecule has 2 aliphatic heterocycles. The lowest BCUT2D eigenvalue weighted by Crippen LogP contribution is -2.45. The van der Waals surface area contributed by atoms with Crippen molar-refractivity contribution in [3.63, 3.8) is 0 Å². The fraction of sp³-hybridized carbons (Fsp3) is 0.519. The van der Waals surface area contributed by atoms with E-state index in [2.05, 4.69) is 17.0 Å². The molecule has 7 nitrogen and oxygen atoms in total. The van der Waals surface area contributed by atoms with Gasteiger partial charge >= 0.3 is 0 Å². The summed E-state index contributed by atoms with van der Waals surface area (Å²) in [4.78, 5) is 17.8. The monoisotopic (exact) mass is 504 g/mol. The number of carbonyl (C=O) groups is 1. The molecule has 0 saturated carbocycles. The van der Waals surface area contributed by atoms with E-state index in [-0.39, 0.29) is 18.3 Å². The molecule has 0 N–H and O–H groups in total. The van der Waals surface area contributed by atoms with Crippen molar-refractivity contribution in [3.05, 3.63) is 47.0 Å². The standard InChI is InChI=1S/C27H36N2O5.ClH/c1-31-23-8-7-19(14-24(23)32-2)9-12-28-11-5-6-20(17-28)18-29-13-10-21-15-25(33-3)26(34-4)16-22(21)27(29)30;/h7-8,14-16,20H,5-6,9-13,17-18H2,1-4H3;1H. The third-order valence-corrected chi connectivity index (χ3v) is 7.02. The van der Waals surface area contributed by atoms with Crippen LogP contribution < -0.4 is 18.9 Å². The molecule has 35 heavy (non-hydrogen) atoms. The minimum absolute atomic E-state index is 0. The number of piperidine rings is 1. The Bertz CT molecular complexity index is 1020. The number of halogens is 1. The number of methoxy groups -OCH3 is 4. The summed E-state index contributed by atoms with van der Waals surface area (Å²) in [5.74, 6) is 3.41. The molecule has 4 rings (SSSR count). The molecular formula is C27H37ClN2O5. The molecule has 2 aromatic carbocycles.